The molecule has 7 nitrogen and oxygen atoms in total. The minimum Gasteiger partial charge on any atom is -0.389 e. The molecule has 1 saturated carbocycles. The van der Waals surface area contributed by atoms with Crippen LogP contribution in [-0.4, -0.2) is 71.6 Å². The lowest BCUT2D eigenvalue weighted by Gasteiger charge is -2.43. The summed E-state index contributed by atoms with van der Waals surface area (Å²) in [7, 11) is 0. The van der Waals surface area contributed by atoms with Gasteiger partial charge < -0.3 is 19.9 Å². The lowest BCUT2D eigenvalue weighted by Crippen LogP contribution is -2.56. The van der Waals surface area contributed by atoms with Crippen molar-refractivity contribution in [2.75, 3.05) is 38.2 Å². The Morgan fingerprint density at radius 3 is 2.82 bits per heavy atom. The summed E-state index contributed by atoms with van der Waals surface area (Å²) in [5.41, 5.74) is 0.832. The Balaban J connectivity index is 1.29. The molecule has 3 fully saturated rings. The maximum absolute atomic E-state index is 12.5. The van der Waals surface area contributed by atoms with Crippen LogP contribution in [0.1, 0.15) is 44.6 Å². The van der Waals surface area contributed by atoms with Gasteiger partial charge >= 0.3 is 0 Å². The second kappa shape index (κ2) is 9.12. The molecular formula is C25H32ClN3O4. The number of rotatable bonds is 6. The normalized spacial score (nSPS) is 30.6. The molecule has 4 atom stereocenters. The third kappa shape index (κ3) is 4.49. The van der Waals surface area contributed by atoms with E-state index in [1.165, 1.54) is 0 Å². The van der Waals surface area contributed by atoms with E-state index in [-0.39, 0.29) is 23.5 Å². The number of nitrogens with zero attached hydrogens (tertiary/aromatic N) is 2. The van der Waals surface area contributed by atoms with Crippen molar-refractivity contribution in [2.24, 2.45) is 5.92 Å². The van der Waals surface area contributed by atoms with Gasteiger partial charge in [-0.1, -0.05) is 11.6 Å². The van der Waals surface area contributed by atoms with E-state index >= 15 is 0 Å². The molecule has 2 aromatic rings. The fourth-order valence-electron chi connectivity index (χ4n) is 5.29. The summed E-state index contributed by atoms with van der Waals surface area (Å²) in [5, 5.41) is 16.1. The first kappa shape index (κ1) is 23.0. The summed E-state index contributed by atoms with van der Waals surface area (Å²) < 4.78 is 11.0. The summed E-state index contributed by atoms with van der Waals surface area (Å²) in [6.07, 6.45) is 4.07. The number of anilines is 1. The molecule has 2 saturated heterocycles. The minimum absolute atomic E-state index is 0.0332. The van der Waals surface area contributed by atoms with E-state index in [0.717, 1.165) is 53.7 Å². The van der Waals surface area contributed by atoms with Crippen molar-refractivity contribution in [1.82, 2.24) is 9.88 Å². The van der Waals surface area contributed by atoms with Gasteiger partial charge in [0.2, 0.25) is 5.91 Å². The fraction of sp³-hybridized carbons (Fsp3) is 0.600. The van der Waals surface area contributed by atoms with E-state index in [1.54, 1.807) is 6.20 Å². The van der Waals surface area contributed by atoms with Crippen LogP contribution in [0.3, 0.4) is 0 Å². The Labute approximate surface area is 199 Å². The highest BCUT2D eigenvalue weighted by Gasteiger charge is 2.45. The second-order valence-corrected chi connectivity index (χ2v) is 10.2. The first-order valence-electron chi connectivity index (χ1n) is 11.9. The van der Waals surface area contributed by atoms with Crippen LogP contribution in [0.15, 0.2) is 24.4 Å². The van der Waals surface area contributed by atoms with Gasteiger partial charge in [-0.15, -0.1) is 0 Å². The van der Waals surface area contributed by atoms with Gasteiger partial charge in [-0.05, 0) is 81.3 Å². The number of pyridine rings is 1. The van der Waals surface area contributed by atoms with Gasteiger partial charge in [-0.3, -0.25) is 9.69 Å². The van der Waals surface area contributed by atoms with Crippen LogP contribution >= 0.6 is 11.6 Å². The van der Waals surface area contributed by atoms with Gasteiger partial charge in [-0.25, -0.2) is 4.98 Å². The fourth-order valence-corrected chi connectivity index (χ4v) is 5.61. The number of aliphatic hydroxyl groups excluding tert-OH is 1. The van der Waals surface area contributed by atoms with Crippen molar-refractivity contribution in [1.29, 1.82) is 0 Å². The molecule has 0 spiro atoms. The molecule has 3 heterocycles. The Morgan fingerprint density at radius 2 is 2.12 bits per heavy atom. The van der Waals surface area contributed by atoms with Crippen LogP contribution < -0.4 is 5.32 Å². The number of amides is 1. The molecule has 33 heavy (non-hydrogen) atoms. The average Bonchev–Trinajstić information content (AvgIpc) is 3.50. The Bertz CT molecular complexity index is 1040. The number of nitrogens with one attached hydrogen (secondary N) is 1. The van der Waals surface area contributed by atoms with Gasteiger partial charge in [0.25, 0.3) is 0 Å². The number of hydrogen-bond acceptors (Lipinski definition) is 6. The zero-order valence-corrected chi connectivity index (χ0v) is 20.0. The van der Waals surface area contributed by atoms with E-state index < -0.39 is 6.10 Å². The third-order valence-electron chi connectivity index (χ3n) is 7.58. The number of halogens is 1. The molecule has 0 unspecified atom stereocenters. The van der Waals surface area contributed by atoms with Gasteiger partial charge in [0.15, 0.2) is 0 Å². The smallest absolute Gasteiger partial charge is 0.231 e. The Kier molecular flexibility index (Phi) is 6.35. The number of aliphatic hydroxyl groups is 1. The van der Waals surface area contributed by atoms with Crippen molar-refractivity contribution >= 4 is 34.1 Å². The summed E-state index contributed by atoms with van der Waals surface area (Å²) in [4.78, 5) is 19.2. The monoisotopic (exact) mass is 473 g/mol. The third-order valence-corrected chi connectivity index (χ3v) is 7.91. The predicted molar refractivity (Wildman–Crippen MR) is 128 cm³/mol. The SMILES string of the molecule is CCO[C@H]1C[C@H]1C(=O)Nc1cc2cc(C3CCN([C@@]4(C)COC[C@H]4O)CC3)c(Cl)cc2cn1. The number of fused-ring (bicyclic) bond motifs is 1. The number of piperidine rings is 1. The Morgan fingerprint density at radius 1 is 1.33 bits per heavy atom. The van der Waals surface area contributed by atoms with Crippen molar-refractivity contribution in [3.8, 4) is 0 Å². The quantitative estimate of drug-likeness (QED) is 0.667. The number of likely N-dealkylation sites (tertiary alicyclic amines) is 1. The first-order valence-corrected chi connectivity index (χ1v) is 12.3. The zero-order chi connectivity index (χ0) is 23.2. The molecule has 3 aliphatic rings. The topological polar surface area (TPSA) is 83.9 Å². The number of ether oxygens (including phenoxy) is 2. The molecule has 2 aliphatic heterocycles. The molecule has 0 radical (unpaired) electrons. The molecule has 1 aromatic carbocycles. The van der Waals surface area contributed by atoms with Crippen molar-refractivity contribution in [3.63, 3.8) is 0 Å². The molecule has 2 N–H and O–H groups in total. The highest BCUT2D eigenvalue weighted by atomic mass is 35.5. The first-order chi connectivity index (χ1) is 15.9. The summed E-state index contributed by atoms with van der Waals surface area (Å²) in [6.45, 7) is 7.44. The highest BCUT2D eigenvalue weighted by Crippen LogP contribution is 2.39. The lowest BCUT2D eigenvalue weighted by molar-refractivity contribution is -0.118. The maximum atomic E-state index is 12.5. The minimum atomic E-state index is -0.445. The molecule has 1 aliphatic carbocycles. The van der Waals surface area contributed by atoms with Crippen LogP contribution in [0.5, 0.6) is 0 Å². The van der Waals surface area contributed by atoms with Crippen molar-refractivity contribution in [2.45, 2.75) is 56.8 Å². The number of carbonyl (C=O) groups excluding carboxylic acids is 1. The number of carbonyl (C=O) groups is 1. The predicted octanol–water partition coefficient (Wildman–Crippen LogP) is 3.58. The highest BCUT2D eigenvalue weighted by molar-refractivity contribution is 6.32. The van der Waals surface area contributed by atoms with Gasteiger partial charge in [-0.2, -0.15) is 0 Å². The Hall–Kier alpha value is -1.77. The zero-order valence-electron chi connectivity index (χ0n) is 19.2. The molecule has 1 aromatic heterocycles. The van der Waals surface area contributed by atoms with Crippen molar-refractivity contribution < 1.29 is 19.4 Å². The molecule has 0 bridgehead atoms. The van der Waals surface area contributed by atoms with Gasteiger partial charge in [0, 0.05) is 23.2 Å². The molecule has 5 rings (SSSR count). The molecular weight excluding hydrogens is 442 g/mol. The van der Waals surface area contributed by atoms with Crippen LogP contribution in [0.4, 0.5) is 5.82 Å². The molecule has 178 valence electrons. The van der Waals surface area contributed by atoms with E-state index in [9.17, 15) is 9.90 Å². The maximum Gasteiger partial charge on any atom is 0.231 e. The van der Waals surface area contributed by atoms with Crippen LogP contribution in [-0.2, 0) is 14.3 Å². The standard InChI is InChI=1S/C25H32ClN3O4/c1-3-33-21-11-19(21)24(31)28-23-10-16-8-18(20(26)9-17(16)12-27-23)15-4-6-29(7-5-15)25(2)14-32-13-22(25)30/h8-10,12,15,19,21-22,30H,3-7,11,13-14H2,1-2H3,(H,27,28,31)/t19-,21+,22-,25+/m1/s1. The van der Waals surface area contributed by atoms with Crippen molar-refractivity contribution in [3.05, 3.63) is 35.0 Å². The lowest BCUT2D eigenvalue weighted by atomic mass is 9.85. The van der Waals surface area contributed by atoms with Crippen LogP contribution in [0.2, 0.25) is 5.02 Å². The molecule has 1 amide bonds. The van der Waals surface area contributed by atoms with E-state index in [4.69, 9.17) is 21.1 Å². The summed E-state index contributed by atoms with van der Waals surface area (Å²) >= 11 is 6.69. The largest absolute Gasteiger partial charge is 0.389 e. The summed E-state index contributed by atoms with van der Waals surface area (Å²) in [5.74, 6) is 0.791. The van der Waals surface area contributed by atoms with Gasteiger partial charge in [0.05, 0.1) is 36.9 Å². The second-order valence-electron chi connectivity index (χ2n) is 9.77. The van der Waals surface area contributed by atoms with Gasteiger partial charge in [0.1, 0.15) is 5.82 Å². The number of benzene rings is 1. The number of aromatic nitrogens is 1. The summed E-state index contributed by atoms with van der Waals surface area (Å²) in [6, 6.07) is 6.04. The van der Waals surface area contributed by atoms with E-state index in [1.807, 2.05) is 19.1 Å². The van der Waals surface area contributed by atoms with Crippen LogP contribution in [0.25, 0.3) is 10.8 Å². The average molecular weight is 474 g/mol. The van der Waals surface area contributed by atoms with Crippen LogP contribution in [0, 0.1) is 5.92 Å². The van der Waals surface area contributed by atoms with E-state index in [2.05, 4.69) is 28.2 Å². The van der Waals surface area contributed by atoms with E-state index in [0.29, 0.717) is 31.6 Å². The molecule has 8 heteroatoms. The number of hydrogen-bond donors (Lipinski definition) is 2.